The zero-order valence-electron chi connectivity index (χ0n) is 11.0. The molecule has 0 amide bonds. The molecule has 0 radical (unpaired) electrons. The Morgan fingerprint density at radius 1 is 1.28 bits per heavy atom. The molecule has 0 unspecified atom stereocenters. The zero-order chi connectivity index (χ0) is 12.8. The van der Waals surface area contributed by atoms with Crippen LogP contribution in [0.5, 0.6) is 11.5 Å². The maximum atomic E-state index is 5.75. The van der Waals surface area contributed by atoms with Gasteiger partial charge in [-0.3, -0.25) is 0 Å². The van der Waals surface area contributed by atoms with E-state index in [1.807, 2.05) is 18.2 Å². The second-order valence-corrected chi connectivity index (χ2v) is 4.65. The minimum atomic E-state index is 0.641. The third-order valence-electron chi connectivity index (χ3n) is 3.29. The standard InChI is InChI=1S/C14H22N2O2/c1-17-14-11-12(5-6-13(14)15)18-10-4-9-16-7-2-3-8-16/h5-6,11H,2-4,7-10,15H2,1H3. The Labute approximate surface area is 109 Å². The second-order valence-electron chi connectivity index (χ2n) is 4.65. The van der Waals surface area contributed by atoms with Gasteiger partial charge in [0.15, 0.2) is 0 Å². The molecular formula is C14H22N2O2. The molecule has 1 aromatic carbocycles. The average molecular weight is 250 g/mol. The number of nitrogen functional groups attached to an aromatic ring is 1. The van der Waals surface area contributed by atoms with Gasteiger partial charge in [-0.05, 0) is 44.5 Å². The van der Waals surface area contributed by atoms with E-state index in [9.17, 15) is 0 Å². The van der Waals surface area contributed by atoms with Crippen molar-refractivity contribution >= 4 is 5.69 Å². The molecule has 1 aliphatic heterocycles. The lowest BCUT2D eigenvalue weighted by Crippen LogP contribution is -2.21. The molecule has 1 aliphatic rings. The molecule has 1 aromatic rings. The SMILES string of the molecule is COc1cc(OCCCN2CCCC2)ccc1N. The molecule has 4 heteroatoms. The summed E-state index contributed by atoms with van der Waals surface area (Å²) in [6.45, 7) is 4.36. The van der Waals surface area contributed by atoms with Crippen molar-refractivity contribution < 1.29 is 9.47 Å². The van der Waals surface area contributed by atoms with Crippen LogP contribution >= 0.6 is 0 Å². The second kappa shape index (κ2) is 6.50. The Kier molecular flexibility index (Phi) is 4.70. The van der Waals surface area contributed by atoms with Crippen molar-refractivity contribution in [3.05, 3.63) is 18.2 Å². The molecule has 2 N–H and O–H groups in total. The third-order valence-corrected chi connectivity index (χ3v) is 3.29. The largest absolute Gasteiger partial charge is 0.494 e. The van der Waals surface area contributed by atoms with Gasteiger partial charge >= 0.3 is 0 Å². The highest BCUT2D eigenvalue weighted by molar-refractivity contribution is 5.55. The molecule has 100 valence electrons. The summed E-state index contributed by atoms with van der Waals surface area (Å²) in [5.74, 6) is 1.49. The highest BCUT2D eigenvalue weighted by Gasteiger charge is 2.10. The summed E-state index contributed by atoms with van der Waals surface area (Å²) >= 11 is 0. The van der Waals surface area contributed by atoms with E-state index < -0.39 is 0 Å². The molecule has 0 aliphatic carbocycles. The Bertz CT molecular complexity index is 376. The summed E-state index contributed by atoms with van der Waals surface area (Å²) in [5.41, 5.74) is 6.39. The highest BCUT2D eigenvalue weighted by Crippen LogP contribution is 2.26. The van der Waals surface area contributed by atoms with Crippen LogP contribution in [-0.2, 0) is 0 Å². The van der Waals surface area contributed by atoms with Gasteiger partial charge in [-0.1, -0.05) is 0 Å². The lowest BCUT2D eigenvalue weighted by molar-refractivity contribution is 0.262. The Morgan fingerprint density at radius 2 is 2.06 bits per heavy atom. The number of likely N-dealkylation sites (tertiary alicyclic amines) is 1. The van der Waals surface area contributed by atoms with Crippen LogP contribution in [0.25, 0.3) is 0 Å². The minimum absolute atomic E-state index is 0.641. The first-order valence-corrected chi connectivity index (χ1v) is 6.58. The van der Waals surface area contributed by atoms with Gasteiger partial charge in [-0.15, -0.1) is 0 Å². The van der Waals surface area contributed by atoms with Crippen molar-refractivity contribution in [3.63, 3.8) is 0 Å². The Hall–Kier alpha value is -1.42. The van der Waals surface area contributed by atoms with E-state index in [1.165, 1.54) is 25.9 Å². The summed E-state index contributed by atoms with van der Waals surface area (Å²) in [6.07, 6.45) is 3.75. The number of benzene rings is 1. The first-order valence-electron chi connectivity index (χ1n) is 6.58. The van der Waals surface area contributed by atoms with E-state index in [-0.39, 0.29) is 0 Å². The molecule has 0 atom stereocenters. The quantitative estimate of drug-likeness (QED) is 0.621. The fourth-order valence-electron chi connectivity index (χ4n) is 2.27. The van der Waals surface area contributed by atoms with Crippen LogP contribution in [0, 0.1) is 0 Å². The molecule has 18 heavy (non-hydrogen) atoms. The lowest BCUT2D eigenvalue weighted by Gasteiger charge is -2.14. The summed E-state index contributed by atoms with van der Waals surface area (Å²) in [6, 6.07) is 5.54. The number of nitrogens with zero attached hydrogens (tertiary/aromatic N) is 1. The number of methoxy groups -OCH3 is 1. The summed E-state index contributed by atoms with van der Waals surface area (Å²) in [7, 11) is 1.61. The van der Waals surface area contributed by atoms with E-state index in [0.717, 1.165) is 25.3 Å². The van der Waals surface area contributed by atoms with Gasteiger partial charge in [0.2, 0.25) is 0 Å². The number of hydrogen-bond acceptors (Lipinski definition) is 4. The lowest BCUT2D eigenvalue weighted by atomic mass is 10.3. The summed E-state index contributed by atoms with van der Waals surface area (Å²) in [4.78, 5) is 2.49. The molecule has 0 bridgehead atoms. The van der Waals surface area contributed by atoms with Crippen molar-refractivity contribution in [2.24, 2.45) is 0 Å². The predicted octanol–water partition coefficient (Wildman–Crippen LogP) is 2.14. The third kappa shape index (κ3) is 3.53. The van der Waals surface area contributed by atoms with E-state index in [0.29, 0.717) is 11.4 Å². The van der Waals surface area contributed by atoms with Gasteiger partial charge in [0.1, 0.15) is 11.5 Å². The van der Waals surface area contributed by atoms with E-state index in [1.54, 1.807) is 7.11 Å². The van der Waals surface area contributed by atoms with Crippen molar-refractivity contribution in [1.82, 2.24) is 4.90 Å². The predicted molar refractivity (Wildman–Crippen MR) is 73.2 cm³/mol. The van der Waals surface area contributed by atoms with Crippen LogP contribution in [-0.4, -0.2) is 38.3 Å². The normalized spacial score (nSPS) is 15.8. The van der Waals surface area contributed by atoms with Gasteiger partial charge < -0.3 is 20.1 Å². The molecule has 0 aromatic heterocycles. The fraction of sp³-hybridized carbons (Fsp3) is 0.571. The molecule has 0 spiro atoms. The van der Waals surface area contributed by atoms with Gasteiger partial charge in [0.25, 0.3) is 0 Å². The maximum absolute atomic E-state index is 5.75. The molecule has 1 saturated heterocycles. The van der Waals surface area contributed by atoms with E-state index in [2.05, 4.69) is 4.90 Å². The molecule has 0 saturated carbocycles. The molecular weight excluding hydrogens is 228 g/mol. The van der Waals surface area contributed by atoms with Crippen LogP contribution in [0.4, 0.5) is 5.69 Å². The van der Waals surface area contributed by atoms with Crippen LogP contribution in [0.15, 0.2) is 18.2 Å². The number of nitrogens with two attached hydrogens (primary N) is 1. The van der Waals surface area contributed by atoms with Crippen molar-refractivity contribution in [2.75, 3.05) is 39.1 Å². The van der Waals surface area contributed by atoms with Crippen molar-refractivity contribution in [2.45, 2.75) is 19.3 Å². The number of hydrogen-bond donors (Lipinski definition) is 1. The zero-order valence-corrected chi connectivity index (χ0v) is 11.0. The summed E-state index contributed by atoms with van der Waals surface area (Å²) in [5, 5.41) is 0. The summed E-state index contributed by atoms with van der Waals surface area (Å²) < 4.78 is 10.9. The first-order chi connectivity index (χ1) is 8.79. The smallest absolute Gasteiger partial charge is 0.145 e. The van der Waals surface area contributed by atoms with E-state index >= 15 is 0 Å². The fourth-order valence-corrected chi connectivity index (χ4v) is 2.27. The average Bonchev–Trinajstić information content (AvgIpc) is 2.89. The number of anilines is 1. The van der Waals surface area contributed by atoms with Gasteiger partial charge in [0, 0.05) is 12.6 Å². The number of rotatable bonds is 6. The van der Waals surface area contributed by atoms with Crippen molar-refractivity contribution in [1.29, 1.82) is 0 Å². The Balaban J connectivity index is 1.72. The topological polar surface area (TPSA) is 47.7 Å². The minimum Gasteiger partial charge on any atom is -0.494 e. The van der Waals surface area contributed by atoms with Gasteiger partial charge in [-0.25, -0.2) is 0 Å². The Morgan fingerprint density at radius 3 is 2.78 bits per heavy atom. The van der Waals surface area contributed by atoms with Crippen molar-refractivity contribution in [3.8, 4) is 11.5 Å². The van der Waals surface area contributed by atoms with Crippen LogP contribution < -0.4 is 15.2 Å². The maximum Gasteiger partial charge on any atom is 0.145 e. The molecule has 1 heterocycles. The van der Waals surface area contributed by atoms with Crippen LogP contribution in [0.1, 0.15) is 19.3 Å². The van der Waals surface area contributed by atoms with Gasteiger partial charge in [-0.2, -0.15) is 0 Å². The number of ether oxygens (including phenoxy) is 2. The van der Waals surface area contributed by atoms with E-state index in [4.69, 9.17) is 15.2 Å². The molecule has 2 rings (SSSR count). The van der Waals surface area contributed by atoms with Crippen LogP contribution in [0.3, 0.4) is 0 Å². The van der Waals surface area contributed by atoms with Gasteiger partial charge in [0.05, 0.1) is 19.4 Å². The molecule has 1 fully saturated rings. The highest BCUT2D eigenvalue weighted by atomic mass is 16.5. The van der Waals surface area contributed by atoms with Crippen LogP contribution in [0.2, 0.25) is 0 Å². The first kappa shape index (κ1) is 13.0. The molecule has 4 nitrogen and oxygen atoms in total. The monoisotopic (exact) mass is 250 g/mol.